The second-order valence-electron chi connectivity index (χ2n) is 6.65. The van der Waals surface area contributed by atoms with Crippen LogP contribution in [0.15, 0.2) is 0 Å². The normalized spacial score (nSPS) is 11.9. The minimum atomic E-state index is -0.0481. The SMILES string of the molecule is CCCCCCCC(=O)OCC(C)(C)[N+](C)(C)C.[I-]. The number of ether oxygens (including phenoxy) is 1. The summed E-state index contributed by atoms with van der Waals surface area (Å²) in [5.74, 6) is -0.0481. The van der Waals surface area contributed by atoms with E-state index in [4.69, 9.17) is 4.74 Å². The van der Waals surface area contributed by atoms with E-state index in [1.54, 1.807) is 0 Å². The smallest absolute Gasteiger partial charge is 0.306 e. The third kappa shape index (κ3) is 9.66. The van der Waals surface area contributed by atoms with Gasteiger partial charge in [-0.05, 0) is 20.3 Å². The zero-order valence-electron chi connectivity index (χ0n) is 13.6. The second kappa shape index (κ2) is 9.97. The number of rotatable bonds is 9. The van der Waals surface area contributed by atoms with Crippen LogP contribution >= 0.6 is 0 Å². The number of carbonyl (C=O) groups excluding carboxylic acids is 1. The first kappa shape index (κ1) is 21.5. The monoisotopic (exact) mass is 385 g/mol. The number of halogens is 1. The number of carbonyl (C=O) groups is 1. The third-order valence-electron chi connectivity index (χ3n) is 3.89. The summed E-state index contributed by atoms with van der Waals surface area (Å²) in [6.45, 7) is 6.94. The molecular weight excluding hydrogens is 353 g/mol. The number of hydrogen-bond donors (Lipinski definition) is 0. The highest BCUT2D eigenvalue weighted by Crippen LogP contribution is 2.18. The summed E-state index contributed by atoms with van der Waals surface area (Å²) in [4.78, 5) is 11.6. The molecule has 0 aromatic carbocycles. The van der Waals surface area contributed by atoms with Gasteiger partial charge >= 0.3 is 5.97 Å². The van der Waals surface area contributed by atoms with Crippen molar-refractivity contribution < 1.29 is 38.0 Å². The molecule has 0 aromatic heterocycles. The molecule has 0 heterocycles. The lowest BCUT2D eigenvalue weighted by Crippen LogP contribution is -3.00. The van der Waals surface area contributed by atoms with Crippen molar-refractivity contribution in [3.63, 3.8) is 0 Å². The minimum Gasteiger partial charge on any atom is -1.00 e. The van der Waals surface area contributed by atoms with Crippen LogP contribution in [0, 0.1) is 0 Å². The predicted octanol–water partition coefficient (Wildman–Crippen LogP) is 0.379. The van der Waals surface area contributed by atoms with Gasteiger partial charge in [0.1, 0.15) is 12.1 Å². The van der Waals surface area contributed by atoms with Crippen LogP contribution in [0.4, 0.5) is 0 Å². The van der Waals surface area contributed by atoms with E-state index in [0.29, 0.717) is 13.0 Å². The van der Waals surface area contributed by atoms with Gasteiger partial charge in [-0.25, -0.2) is 0 Å². The Labute approximate surface area is 136 Å². The first-order valence-corrected chi connectivity index (χ1v) is 7.18. The largest absolute Gasteiger partial charge is 1.00 e. The topological polar surface area (TPSA) is 26.3 Å². The fraction of sp³-hybridized carbons (Fsp3) is 0.933. The van der Waals surface area contributed by atoms with Crippen LogP contribution in [0.3, 0.4) is 0 Å². The van der Waals surface area contributed by atoms with E-state index < -0.39 is 0 Å². The van der Waals surface area contributed by atoms with Gasteiger partial charge in [-0.3, -0.25) is 4.79 Å². The summed E-state index contributed by atoms with van der Waals surface area (Å²) in [7, 11) is 6.37. The predicted molar refractivity (Wildman–Crippen MR) is 76.4 cm³/mol. The van der Waals surface area contributed by atoms with Crippen LogP contribution in [0.1, 0.15) is 59.3 Å². The van der Waals surface area contributed by atoms with Gasteiger partial charge < -0.3 is 33.2 Å². The molecule has 0 bridgehead atoms. The fourth-order valence-corrected chi connectivity index (χ4v) is 1.40. The highest BCUT2D eigenvalue weighted by Gasteiger charge is 2.34. The van der Waals surface area contributed by atoms with Gasteiger partial charge in [-0.15, -0.1) is 0 Å². The maximum Gasteiger partial charge on any atom is 0.306 e. The third-order valence-corrected chi connectivity index (χ3v) is 3.89. The Morgan fingerprint density at radius 2 is 1.58 bits per heavy atom. The zero-order valence-corrected chi connectivity index (χ0v) is 15.7. The minimum absolute atomic E-state index is 0. The van der Waals surface area contributed by atoms with E-state index in [0.717, 1.165) is 17.3 Å². The molecule has 0 aromatic rings. The van der Waals surface area contributed by atoms with Gasteiger partial charge in [0, 0.05) is 6.42 Å². The second-order valence-corrected chi connectivity index (χ2v) is 6.65. The molecule has 0 aliphatic rings. The maximum atomic E-state index is 11.6. The van der Waals surface area contributed by atoms with Crippen molar-refractivity contribution in [2.45, 2.75) is 64.8 Å². The molecule has 0 aliphatic carbocycles. The lowest BCUT2D eigenvalue weighted by Gasteiger charge is -2.40. The summed E-state index contributed by atoms with van der Waals surface area (Å²) >= 11 is 0. The van der Waals surface area contributed by atoms with Crippen LogP contribution in [0.2, 0.25) is 0 Å². The van der Waals surface area contributed by atoms with Crippen LogP contribution in [0.5, 0.6) is 0 Å². The number of likely N-dealkylation sites (N-methyl/N-ethyl adjacent to an activating group) is 1. The molecule has 0 radical (unpaired) electrons. The summed E-state index contributed by atoms with van der Waals surface area (Å²) < 4.78 is 6.17. The Bertz CT molecular complexity index is 247. The van der Waals surface area contributed by atoms with E-state index in [2.05, 4.69) is 41.9 Å². The summed E-state index contributed by atoms with van der Waals surface area (Å²) in [6, 6.07) is 0. The number of hydrogen-bond acceptors (Lipinski definition) is 2. The van der Waals surface area contributed by atoms with Gasteiger partial charge in [0.15, 0.2) is 0 Å². The number of esters is 1. The zero-order chi connectivity index (χ0) is 14.2. The van der Waals surface area contributed by atoms with Gasteiger partial charge in [-0.1, -0.05) is 32.6 Å². The summed E-state index contributed by atoms with van der Waals surface area (Å²) in [6.07, 6.45) is 6.40. The van der Waals surface area contributed by atoms with Gasteiger partial charge in [0.05, 0.1) is 21.1 Å². The highest BCUT2D eigenvalue weighted by molar-refractivity contribution is 5.69. The number of nitrogens with zero attached hydrogens (tertiary/aromatic N) is 1. The average Bonchev–Trinajstić information content (AvgIpc) is 2.24. The lowest BCUT2D eigenvalue weighted by atomic mass is 10.0. The van der Waals surface area contributed by atoms with Crippen LogP contribution in [-0.2, 0) is 9.53 Å². The Morgan fingerprint density at radius 1 is 1.05 bits per heavy atom. The highest BCUT2D eigenvalue weighted by atomic mass is 127. The molecule has 0 fully saturated rings. The molecule has 0 atom stereocenters. The molecule has 19 heavy (non-hydrogen) atoms. The first-order chi connectivity index (χ1) is 8.20. The van der Waals surface area contributed by atoms with Gasteiger partial charge in [0.2, 0.25) is 0 Å². The van der Waals surface area contributed by atoms with E-state index in [-0.39, 0.29) is 35.5 Å². The summed E-state index contributed by atoms with van der Waals surface area (Å²) in [5, 5.41) is 0. The molecule has 0 aliphatic heterocycles. The molecule has 0 spiro atoms. The fourth-order valence-electron chi connectivity index (χ4n) is 1.40. The van der Waals surface area contributed by atoms with Crippen molar-refractivity contribution in [2.75, 3.05) is 27.7 Å². The lowest BCUT2D eigenvalue weighted by molar-refractivity contribution is -0.919. The standard InChI is InChI=1S/C15H32NO2.HI/c1-7-8-9-10-11-12-14(17)18-13-15(2,3)16(4,5)6;/h7-13H2,1-6H3;1H/q+1;/p-1. The van der Waals surface area contributed by atoms with E-state index in [1.807, 2.05) is 0 Å². The first-order valence-electron chi connectivity index (χ1n) is 7.18. The molecule has 0 unspecified atom stereocenters. The van der Waals surface area contributed by atoms with Crippen molar-refractivity contribution >= 4 is 5.97 Å². The molecule has 4 heteroatoms. The Hall–Kier alpha value is 0.160. The van der Waals surface area contributed by atoms with Crippen LogP contribution in [0.25, 0.3) is 0 Å². The number of quaternary nitrogens is 1. The molecule has 3 nitrogen and oxygen atoms in total. The molecule has 0 saturated heterocycles. The van der Waals surface area contributed by atoms with Crippen molar-refractivity contribution in [2.24, 2.45) is 0 Å². The Balaban J connectivity index is 0. The Kier molecular flexibility index (Phi) is 11.3. The summed E-state index contributed by atoms with van der Waals surface area (Å²) in [5.41, 5.74) is -0.0438. The van der Waals surface area contributed by atoms with Crippen LogP contribution < -0.4 is 24.0 Å². The average molecular weight is 385 g/mol. The van der Waals surface area contributed by atoms with Crippen molar-refractivity contribution in [3.05, 3.63) is 0 Å². The van der Waals surface area contributed by atoms with E-state index in [9.17, 15) is 4.79 Å². The quantitative estimate of drug-likeness (QED) is 0.248. The molecule has 0 amide bonds. The molecular formula is C15H32INO2. The Morgan fingerprint density at radius 3 is 2.05 bits per heavy atom. The van der Waals surface area contributed by atoms with Gasteiger partial charge in [0.25, 0.3) is 0 Å². The molecule has 0 N–H and O–H groups in total. The number of unbranched alkanes of at least 4 members (excludes halogenated alkanes) is 4. The van der Waals surface area contributed by atoms with Crippen molar-refractivity contribution in [1.82, 2.24) is 0 Å². The molecule has 0 saturated carbocycles. The van der Waals surface area contributed by atoms with E-state index in [1.165, 1.54) is 19.3 Å². The van der Waals surface area contributed by atoms with E-state index >= 15 is 0 Å². The maximum absolute atomic E-state index is 11.6. The molecule has 116 valence electrons. The van der Waals surface area contributed by atoms with Gasteiger partial charge in [-0.2, -0.15) is 0 Å². The van der Waals surface area contributed by atoms with Crippen molar-refractivity contribution in [1.29, 1.82) is 0 Å². The molecule has 0 rings (SSSR count). The van der Waals surface area contributed by atoms with Crippen LogP contribution in [-0.4, -0.2) is 43.7 Å². The van der Waals surface area contributed by atoms with Crippen molar-refractivity contribution in [3.8, 4) is 0 Å².